The van der Waals surface area contributed by atoms with E-state index < -0.39 is 0 Å². The Hall–Kier alpha value is -1.04. The number of thiocarbonyl (C=S) groups is 1. The average Bonchev–Trinajstić information content (AvgIpc) is 2.79. The molecule has 2 heterocycles. The Morgan fingerprint density at radius 2 is 2.56 bits per heavy atom. The van der Waals surface area contributed by atoms with Crippen LogP contribution in [0.25, 0.3) is 0 Å². The topological polar surface area (TPSA) is 57.4 Å². The van der Waals surface area contributed by atoms with Crippen molar-refractivity contribution in [1.29, 1.82) is 0 Å². The van der Waals surface area contributed by atoms with Crippen LogP contribution in [0, 0.1) is 0 Å². The van der Waals surface area contributed by atoms with Crippen molar-refractivity contribution in [3.8, 4) is 0 Å². The molecule has 86 valence electrons. The molecular formula is C11H14N2O2S. The quantitative estimate of drug-likeness (QED) is 0.794. The van der Waals surface area contributed by atoms with Crippen LogP contribution in [0.4, 0.5) is 0 Å². The van der Waals surface area contributed by atoms with E-state index in [1.807, 2.05) is 12.1 Å². The Morgan fingerprint density at radius 1 is 1.69 bits per heavy atom. The number of aromatic nitrogens is 1. The summed E-state index contributed by atoms with van der Waals surface area (Å²) in [5, 5.41) is 0. The molecule has 0 aliphatic carbocycles. The van der Waals surface area contributed by atoms with E-state index in [1.54, 1.807) is 6.20 Å². The molecule has 2 rings (SSSR count). The van der Waals surface area contributed by atoms with E-state index >= 15 is 0 Å². The Bertz CT molecular complexity index is 378. The van der Waals surface area contributed by atoms with E-state index in [2.05, 4.69) is 4.98 Å². The highest BCUT2D eigenvalue weighted by Crippen LogP contribution is 2.11. The molecule has 1 aliphatic rings. The van der Waals surface area contributed by atoms with Gasteiger partial charge in [-0.2, -0.15) is 0 Å². The van der Waals surface area contributed by atoms with Gasteiger partial charge in [0, 0.05) is 12.8 Å². The van der Waals surface area contributed by atoms with Crippen LogP contribution < -0.4 is 5.73 Å². The zero-order chi connectivity index (χ0) is 11.4. The van der Waals surface area contributed by atoms with Gasteiger partial charge in [0.15, 0.2) is 0 Å². The van der Waals surface area contributed by atoms with Crippen molar-refractivity contribution in [2.45, 2.75) is 19.1 Å². The fourth-order valence-corrected chi connectivity index (χ4v) is 1.67. The summed E-state index contributed by atoms with van der Waals surface area (Å²) in [7, 11) is 0. The molecule has 0 amide bonds. The molecule has 16 heavy (non-hydrogen) atoms. The van der Waals surface area contributed by atoms with Gasteiger partial charge in [-0.15, -0.1) is 0 Å². The number of ether oxygens (including phenoxy) is 2. The summed E-state index contributed by atoms with van der Waals surface area (Å²) in [6.45, 7) is 2.03. The molecule has 0 aromatic carbocycles. The van der Waals surface area contributed by atoms with Gasteiger partial charge >= 0.3 is 0 Å². The Labute approximate surface area is 99.8 Å². The van der Waals surface area contributed by atoms with E-state index in [9.17, 15) is 0 Å². The van der Waals surface area contributed by atoms with Gasteiger partial charge in [-0.05, 0) is 24.1 Å². The maximum Gasteiger partial charge on any atom is 0.122 e. The Balaban J connectivity index is 1.93. The number of hydrogen-bond acceptors (Lipinski definition) is 4. The van der Waals surface area contributed by atoms with Gasteiger partial charge < -0.3 is 15.2 Å². The predicted molar refractivity (Wildman–Crippen MR) is 64.1 cm³/mol. The summed E-state index contributed by atoms with van der Waals surface area (Å²) in [5.41, 5.74) is 7.18. The first-order chi connectivity index (χ1) is 7.75. The van der Waals surface area contributed by atoms with Crippen LogP contribution in [-0.2, 0) is 16.1 Å². The minimum Gasteiger partial charge on any atom is -0.388 e. The summed E-state index contributed by atoms with van der Waals surface area (Å²) < 4.78 is 10.9. The second kappa shape index (κ2) is 5.34. The standard InChI is InChI=1S/C11H14N2O2S/c12-11(16)10-5-8(1-3-13-10)6-15-9-2-4-14-7-9/h1,3,5,9H,2,4,6-7H2,(H2,12,16). The second-order valence-corrected chi connectivity index (χ2v) is 4.15. The molecule has 5 heteroatoms. The first-order valence-electron chi connectivity index (χ1n) is 5.20. The van der Waals surface area contributed by atoms with Crippen molar-refractivity contribution in [3.63, 3.8) is 0 Å². The molecule has 1 aromatic heterocycles. The largest absolute Gasteiger partial charge is 0.388 e. The molecule has 1 aliphatic heterocycles. The third-order valence-corrected chi connectivity index (χ3v) is 2.66. The molecule has 0 radical (unpaired) electrons. The molecule has 1 aromatic rings. The van der Waals surface area contributed by atoms with Gasteiger partial charge in [0.1, 0.15) is 4.99 Å². The molecule has 1 fully saturated rings. The van der Waals surface area contributed by atoms with E-state index in [4.69, 9.17) is 27.4 Å². The van der Waals surface area contributed by atoms with Crippen LogP contribution in [0.1, 0.15) is 17.7 Å². The van der Waals surface area contributed by atoms with Crippen molar-refractivity contribution in [2.24, 2.45) is 5.73 Å². The minimum atomic E-state index is 0.210. The van der Waals surface area contributed by atoms with Crippen LogP contribution in [0.5, 0.6) is 0 Å². The molecule has 1 atom stereocenters. The van der Waals surface area contributed by atoms with Crippen molar-refractivity contribution >= 4 is 17.2 Å². The van der Waals surface area contributed by atoms with Gasteiger partial charge in [0.05, 0.1) is 25.0 Å². The van der Waals surface area contributed by atoms with Crippen molar-refractivity contribution in [1.82, 2.24) is 4.98 Å². The third kappa shape index (κ3) is 2.98. The monoisotopic (exact) mass is 238 g/mol. The normalized spacial score (nSPS) is 19.9. The highest BCUT2D eigenvalue weighted by Gasteiger charge is 2.15. The fourth-order valence-electron chi connectivity index (χ4n) is 1.56. The van der Waals surface area contributed by atoms with E-state index in [0.717, 1.165) is 18.6 Å². The summed E-state index contributed by atoms with van der Waals surface area (Å²) >= 11 is 4.87. The van der Waals surface area contributed by atoms with Crippen LogP contribution in [-0.4, -0.2) is 29.3 Å². The number of pyridine rings is 1. The molecule has 0 bridgehead atoms. The highest BCUT2D eigenvalue weighted by atomic mass is 32.1. The maximum absolute atomic E-state index is 5.69. The fraction of sp³-hybridized carbons (Fsp3) is 0.455. The maximum atomic E-state index is 5.69. The lowest BCUT2D eigenvalue weighted by molar-refractivity contribution is 0.0317. The van der Waals surface area contributed by atoms with Gasteiger partial charge in [0.25, 0.3) is 0 Å². The molecule has 0 spiro atoms. The predicted octanol–water partition coefficient (Wildman–Crippen LogP) is 1.02. The number of nitrogens with zero attached hydrogens (tertiary/aromatic N) is 1. The molecule has 0 saturated carbocycles. The van der Waals surface area contributed by atoms with E-state index in [0.29, 0.717) is 23.9 Å². The summed E-state index contributed by atoms with van der Waals surface area (Å²) in [6, 6.07) is 3.76. The summed E-state index contributed by atoms with van der Waals surface area (Å²) in [6.07, 6.45) is 2.87. The number of nitrogens with two attached hydrogens (primary N) is 1. The lowest BCUT2D eigenvalue weighted by Crippen LogP contribution is -2.14. The van der Waals surface area contributed by atoms with Gasteiger partial charge in [-0.1, -0.05) is 12.2 Å². The molecule has 4 nitrogen and oxygen atoms in total. The molecule has 1 unspecified atom stereocenters. The number of rotatable bonds is 4. The zero-order valence-electron chi connectivity index (χ0n) is 8.89. The lowest BCUT2D eigenvalue weighted by Gasteiger charge is -2.10. The SMILES string of the molecule is NC(=S)c1cc(COC2CCOC2)ccn1. The first-order valence-corrected chi connectivity index (χ1v) is 5.60. The summed E-state index contributed by atoms with van der Waals surface area (Å²) in [4.78, 5) is 4.38. The minimum absolute atomic E-state index is 0.210. The third-order valence-electron chi connectivity index (χ3n) is 2.45. The van der Waals surface area contributed by atoms with Crippen molar-refractivity contribution in [3.05, 3.63) is 29.6 Å². The zero-order valence-corrected chi connectivity index (χ0v) is 9.70. The van der Waals surface area contributed by atoms with Crippen molar-refractivity contribution in [2.75, 3.05) is 13.2 Å². The van der Waals surface area contributed by atoms with Gasteiger partial charge in [0.2, 0.25) is 0 Å². The average molecular weight is 238 g/mol. The second-order valence-electron chi connectivity index (χ2n) is 3.71. The van der Waals surface area contributed by atoms with Crippen LogP contribution in [0.2, 0.25) is 0 Å². The smallest absolute Gasteiger partial charge is 0.122 e. The van der Waals surface area contributed by atoms with Crippen LogP contribution in [0.15, 0.2) is 18.3 Å². The Morgan fingerprint density at radius 3 is 3.25 bits per heavy atom. The first kappa shape index (κ1) is 11.4. The van der Waals surface area contributed by atoms with Crippen molar-refractivity contribution < 1.29 is 9.47 Å². The highest BCUT2D eigenvalue weighted by molar-refractivity contribution is 7.80. The summed E-state index contributed by atoms with van der Waals surface area (Å²) in [5.74, 6) is 0. The molecule has 1 saturated heterocycles. The van der Waals surface area contributed by atoms with Gasteiger partial charge in [-0.3, -0.25) is 4.98 Å². The lowest BCUT2D eigenvalue weighted by atomic mass is 10.2. The van der Waals surface area contributed by atoms with Crippen LogP contribution >= 0.6 is 12.2 Å². The molecular weight excluding hydrogens is 224 g/mol. The van der Waals surface area contributed by atoms with E-state index in [1.165, 1.54) is 0 Å². The Kier molecular flexibility index (Phi) is 3.82. The van der Waals surface area contributed by atoms with E-state index in [-0.39, 0.29) is 6.10 Å². The van der Waals surface area contributed by atoms with Crippen LogP contribution in [0.3, 0.4) is 0 Å². The molecule has 2 N–H and O–H groups in total. The number of hydrogen-bond donors (Lipinski definition) is 1. The van der Waals surface area contributed by atoms with Gasteiger partial charge in [-0.25, -0.2) is 0 Å².